The van der Waals surface area contributed by atoms with Gasteiger partial charge in [-0.05, 0) is 57.2 Å². The van der Waals surface area contributed by atoms with Crippen LogP contribution in [-0.2, 0) is 19.1 Å². The van der Waals surface area contributed by atoms with E-state index in [1.165, 1.54) is 36.4 Å². The van der Waals surface area contributed by atoms with E-state index in [0.29, 0.717) is 11.1 Å². The van der Waals surface area contributed by atoms with Crippen LogP contribution in [0.15, 0.2) is 72.8 Å². The number of hydrazine groups is 1. The van der Waals surface area contributed by atoms with Crippen LogP contribution >= 0.6 is 0 Å². The van der Waals surface area contributed by atoms with Gasteiger partial charge in [0.1, 0.15) is 0 Å². The first kappa shape index (κ1) is 27.6. The van der Waals surface area contributed by atoms with E-state index in [2.05, 4.69) is 10.9 Å². The smallest absolute Gasteiger partial charge is 0.349 e. The summed E-state index contributed by atoms with van der Waals surface area (Å²) in [5.74, 6) is -5.75. The molecule has 0 spiro atoms. The molecule has 0 unspecified atom stereocenters. The fraction of sp³-hybridized carbons (Fsp3) is 0.179. The second-order valence-electron chi connectivity index (χ2n) is 8.54. The molecule has 0 bridgehead atoms. The van der Waals surface area contributed by atoms with Crippen molar-refractivity contribution in [1.29, 1.82) is 0 Å². The Morgan fingerprint density at radius 2 is 1.13 bits per heavy atom. The predicted molar refractivity (Wildman–Crippen MR) is 135 cm³/mol. The van der Waals surface area contributed by atoms with Gasteiger partial charge < -0.3 is 14.6 Å². The van der Waals surface area contributed by atoms with Gasteiger partial charge in [0.2, 0.25) is 12.2 Å². The summed E-state index contributed by atoms with van der Waals surface area (Å²) in [7, 11) is 0. The highest BCUT2D eigenvalue weighted by atomic mass is 16.6. The number of carbonyl (C=O) groups excluding carboxylic acids is 4. The zero-order valence-electron chi connectivity index (χ0n) is 20.9. The van der Waals surface area contributed by atoms with E-state index in [1.54, 1.807) is 50.2 Å². The number of esters is 2. The van der Waals surface area contributed by atoms with E-state index >= 15 is 0 Å². The largest absolute Gasteiger partial charge is 0.478 e. The fourth-order valence-corrected chi connectivity index (χ4v) is 3.37. The number of carboxylic acid groups (broad SMARTS) is 1. The third-order valence-electron chi connectivity index (χ3n) is 5.37. The van der Waals surface area contributed by atoms with Gasteiger partial charge in [-0.2, -0.15) is 0 Å². The van der Waals surface area contributed by atoms with Crippen molar-refractivity contribution >= 4 is 29.7 Å². The standard InChI is InChI=1S/C28H26N2O8/c1-16-10-12-19(13-11-16)24(31)29-30-25(32)22(37-27(35)20-8-4-6-17(2)14-20)23(26(33)34)38-28(36)21-9-5-7-18(3)15-21/h4-15,22-23H,1-3H3,(H,29,31)(H,30,32)(H,33,34)/t22-,23-/m1/s1. The molecule has 0 aromatic heterocycles. The number of carboxylic acids is 1. The molecular formula is C28H26N2O8. The van der Waals surface area contributed by atoms with Crippen molar-refractivity contribution in [2.24, 2.45) is 0 Å². The van der Waals surface area contributed by atoms with E-state index in [-0.39, 0.29) is 16.7 Å². The van der Waals surface area contributed by atoms with Crippen molar-refractivity contribution in [1.82, 2.24) is 10.9 Å². The van der Waals surface area contributed by atoms with E-state index in [1.807, 2.05) is 6.92 Å². The number of benzene rings is 3. The van der Waals surface area contributed by atoms with E-state index < -0.39 is 41.9 Å². The lowest BCUT2D eigenvalue weighted by Gasteiger charge is -2.23. The Bertz CT molecular complexity index is 1370. The zero-order valence-corrected chi connectivity index (χ0v) is 20.9. The van der Waals surface area contributed by atoms with Gasteiger partial charge >= 0.3 is 17.9 Å². The average Bonchev–Trinajstić information content (AvgIpc) is 2.89. The topological polar surface area (TPSA) is 148 Å². The second kappa shape index (κ2) is 12.3. The normalized spacial score (nSPS) is 12.0. The minimum absolute atomic E-state index is 0.0353. The van der Waals surface area contributed by atoms with Crippen molar-refractivity contribution in [2.75, 3.05) is 0 Å². The third kappa shape index (κ3) is 7.26. The Labute approximate surface area is 218 Å². The maximum atomic E-state index is 13.0. The van der Waals surface area contributed by atoms with Gasteiger partial charge in [-0.3, -0.25) is 20.4 Å². The number of aliphatic carboxylic acids is 1. The van der Waals surface area contributed by atoms with Crippen LogP contribution in [0.25, 0.3) is 0 Å². The zero-order chi connectivity index (χ0) is 27.8. The van der Waals surface area contributed by atoms with Crippen molar-refractivity contribution in [3.8, 4) is 0 Å². The molecule has 0 saturated heterocycles. The summed E-state index contributed by atoms with van der Waals surface area (Å²) in [4.78, 5) is 63.1. The first-order valence-electron chi connectivity index (χ1n) is 11.5. The molecule has 3 aromatic rings. The summed E-state index contributed by atoms with van der Waals surface area (Å²) < 4.78 is 10.3. The minimum Gasteiger partial charge on any atom is -0.478 e. The van der Waals surface area contributed by atoms with Gasteiger partial charge in [0.05, 0.1) is 11.1 Å². The number of hydrogen-bond donors (Lipinski definition) is 3. The Kier molecular flexibility index (Phi) is 8.94. The molecule has 0 aliphatic heterocycles. The van der Waals surface area contributed by atoms with Crippen molar-refractivity contribution in [3.63, 3.8) is 0 Å². The van der Waals surface area contributed by atoms with Crippen LogP contribution in [0.2, 0.25) is 0 Å². The fourth-order valence-electron chi connectivity index (χ4n) is 3.37. The predicted octanol–water partition coefficient (Wildman–Crippen LogP) is 2.91. The van der Waals surface area contributed by atoms with Crippen LogP contribution in [0.1, 0.15) is 47.8 Å². The van der Waals surface area contributed by atoms with Crippen molar-refractivity contribution in [2.45, 2.75) is 33.0 Å². The van der Waals surface area contributed by atoms with Gasteiger partial charge in [0.25, 0.3) is 11.8 Å². The Morgan fingerprint density at radius 1 is 0.632 bits per heavy atom. The highest BCUT2D eigenvalue weighted by molar-refractivity contribution is 5.99. The molecule has 2 amide bonds. The molecule has 3 rings (SSSR count). The minimum atomic E-state index is -2.23. The first-order valence-corrected chi connectivity index (χ1v) is 11.5. The molecule has 10 heteroatoms. The van der Waals surface area contributed by atoms with E-state index in [0.717, 1.165) is 5.56 Å². The number of aryl methyl sites for hydroxylation is 3. The maximum Gasteiger partial charge on any atom is 0.349 e. The molecule has 0 aliphatic rings. The molecule has 196 valence electrons. The molecule has 0 saturated carbocycles. The van der Waals surface area contributed by atoms with E-state index in [4.69, 9.17) is 9.47 Å². The van der Waals surface area contributed by atoms with Crippen LogP contribution in [0, 0.1) is 20.8 Å². The number of carbonyl (C=O) groups is 5. The van der Waals surface area contributed by atoms with Gasteiger partial charge in [-0.1, -0.05) is 53.1 Å². The average molecular weight is 519 g/mol. The molecule has 2 atom stereocenters. The quantitative estimate of drug-likeness (QED) is 0.305. The number of ether oxygens (including phenoxy) is 2. The first-order chi connectivity index (χ1) is 18.0. The highest BCUT2D eigenvalue weighted by Gasteiger charge is 2.41. The van der Waals surface area contributed by atoms with Crippen LogP contribution in [0.3, 0.4) is 0 Å². The number of amides is 2. The summed E-state index contributed by atoms with van der Waals surface area (Å²) in [6.45, 7) is 5.29. The Morgan fingerprint density at radius 3 is 1.61 bits per heavy atom. The molecule has 10 nitrogen and oxygen atoms in total. The molecule has 0 radical (unpaired) electrons. The molecule has 3 aromatic carbocycles. The van der Waals surface area contributed by atoms with Crippen LogP contribution in [0.4, 0.5) is 0 Å². The summed E-state index contributed by atoms with van der Waals surface area (Å²) >= 11 is 0. The van der Waals surface area contributed by atoms with Gasteiger partial charge in [0.15, 0.2) is 0 Å². The Balaban J connectivity index is 1.85. The van der Waals surface area contributed by atoms with Gasteiger partial charge in [0, 0.05) is 5.56 Å². The monoisotopic (exact) mass is 518 g/mol. The summed E-state index contributed by atoms with van der Waals surface area (Å²) in [6, 6.07) is 18.8. The lowest BCUT2D eigenvalue weighted by Crippen LogP contribution is -2.54. The number of rotatable bonds is 8. The van der Waals surface area contributed by atoms with Crippen LogP contribution in [0.5, 0.6) is 0 Å². The van der Waals surface area contributed by atoms with Crippen LogP contribution < -0.4 is 10.9 Å². The molecule has 0 aliphatic carbocycles. The second-order valence-corrected chi connectivity index (χ2v) is 8.54. The maximum absolute atomic E-state index is 13.0. The molecule has 0 fully saturated rings. The lowest BCUT2D eigenvalue weighted by molar-refractivity contribution is -0.159. The van der Waals surface area contributed by atoms with Crippen molar-refractivity contribution in [3.05, 3.63) is 106 Å². The van der Waals surface area contributed by atoms with Gasteiger partial charge in [-0.25, -0.2) is 14.4 Å². The van der Waals surface area contributed by atoms with E-state index in [9.17, 15) is 29.1 Å². The number of hydrogen-bond acceptors (Lipinski definition) is 7. The molecule has 0 heterocycles. The SMILES string of the molecule is Cc1ccc(C(=O)NNC(=O)[C@H](OC(=O)c2cccc(C)c2)[C@@H](OC(=O)c2cccc(C)c2)C(=O)O)cc1. The van der Waals surface area contributed by atoms with Crippen LogP contribution in [-0.4, -0.2) is 47.0 Å². The summed E-state index contributed by atoms with van der Waals surface area (Å²) in [5.41, 5.74) is 6.82. The van der Waals surface area contributed by atoms with Crippen molar-refractivity contribution < 1.29 is 38.6 Å². The summed E-state index contributed by atoms with van der Waals surface area (Å²) in [5, 5.41) is 9.82. The number of nitrogens with one attached hydrogen (secondary N) is 2. The molecular weight excluding hydrogens is 492 g/mol. The summed E-state index contributed by atoms with van der Waals surface area (Å²) in [6.07, 6.45) is -4.37. The molecule has 3 N–H and O–H groups in total. The Hall–Kier alpha value is -4.99. The third-order valence-corrected chi connectivity index (χ3v) is 5.37. The molecule has 38 heavy (non-hydrogen) atoms. The highest BCUT2D eigenvalue weighted by Crippen LogP contribution is 2.15. The van der Waals surface area contributed by atoms with Gasteiger partial charge in [-0.15, -0.1) is 0 Å². The lowest BCUT2D eigenvalue weighted by atomic mass is 10.1.